The van der Waals surface area contributed by atoms with E-state index in [-0.39, 0.29) is 0 Å². The largest absolute Gasteiger partial charge is 0.261 e. The van der Waals surface area contributed by atoms with Gasteiger partial charge in [-0.2, -0.15) is 11.8 Å². The van der Waals surface area contributed by atoms with Crippen molar-refractivity contribution >= 4 is 28.8 Å². The van der Waals surface area contributed by atoms with Crippen molar-refractivity contribution in [2.75, 3.05) is 5.75 Å². The molecule has 1 aromatic rings. The van der Waals surface area contributed by atoms with Crippen LogP contribution in [0.4, 0.5) is 0 Å². The fraction of sp³-hybridized carbons (Fsp3) is 0.444. The summed E-state index contributed by atoms with van der Waals surface area (Å²) in [5, 5.41) is 0.546. The molecule has 0 N–H and O–H groups in total. The standard InChI is InChI=1S/C9H10N2S2/c1-6-9(8(12)5-13-6)7-4-10-2-3-11-7/h2-4,6,9H,5H2,1H3. The Labute approximate surface area is 87.2 Å². The highest BCUT2D eigenvalue weighted by atomic mass is 32.2. The van der Waals surface area contributed by atoms with Gasteiger partial charge in [0.1, 0.15) is 0 Å². The lowest BCUT2D eigenvalue weighted by Gasteiger charge is -2.12. The van der Waals surface area contributed by atoms with Crippen LogP contribution in [0, 0.1) is 0 Å². The van der Waals surface area contributed by atoms with Gasteiger partial charge in [0, 0.05) is 40.4 Å². The van der Waals surface area contributed by atoms with Crippen LogP contribution in [0.15, 0.2) is 18.6 Å². The quantitative estimate of drug-likeness (QED) is 0.663. The lowest BCUT2D eigenvalue weighted by Crippen LogP contribution is -2.14. The number of aromatic nitrogens is 2. The van der Waals surface area contributed by atoms with E-state index in [1.54, 1.807) is 12.4 Å². The van der Waals surface area contributed by atoms with E-state index < -0.39 is 0 Å². The van der Waals surface area contributed by atoms with Gasteiger partial charge < -0.3 is 0 Å². The van der Waals surface area contributed by atoms with Crippen molar-refractivity contribution in [3.05, 3.63) is 24.3 Å². The number of hydrogen-bond donors (Lipinski definition) is 0. The maximum atomic E-state index is 5.31. The summed E-state index contributed by atoms with van der Waals surface area (Å²) in [7, 11) is 0. The summed E-state index contributed by atoms with van der Waals surface area (Å²) in [4.78, 5) is 9.47. The Balaban J connectivity index is 2.30. The Morgan fingerprint density at radius 3 is 2.92 bits per heavy atom. The molecule has 1 fully saturated rings. The fourth-order valence-electron chi connectivity index (χ4n) is 1.54. The number of thioether (sulfide) groups is 1. The van der Waals surface area contributed by atoms with E-state index in [0.717, 1.165) is 16.3 Å². The first-order valence-corrected chi connectivity index (χ1v) is 5.65. The molecule has 0 aromatic carbocycles. The van der Waals surface area contributed by atoms with Crippen LogP contribution in [-0.2, 0) is 0 Å². The van der Waals surface area contributed by atoms with Crippen LogP contribution in [0.3, 0.4) is 0 Å². The first kappa shape index (κ1) is 9.09. The number of nitrogens with zero attached hydrogens (tertiary/aromatic N) is 2. The second kappa shape index (κ2) is 3.72. The van der Waals surface area contributed by atoms with Gasteiger partial charge in [-0.1, -0.05) is 19.1 Å². The third-order valence-corrected chi connectivity index (χ3v) is 4.06. The Morgan fingerprint density at radius 1 is 1.54 bits per heavy atom. The van der Waals surface area contributed by atoms with Gasteiger partial charge in [-0.05, 0) is 0 Å². The minimum Gasteiger partial charge on any atom is -0.261 e. The minimum absolute atomic E-state index is 0.327. The summed E-state index contributed by atoms with van der Waals surface area (Å²) >= 11 is 7.21. The SMILES string of the molecule is CC1SCC(=S)C1c1cnccn1. The molecule has 0 aliphatic carbocycles. The highest BCUT2D eigenvalue weighted by Crippen LogP contribution is 2.36. The molecule has 4 heteroatoms. The molecule has 1 aliphatic rings. The molecule has 13 heavy (non-hydrogen) atoms. The molecule has 1 aromatic heterocycles. The predicted molar refractivity (Wildman–Crippen MR) is 59.3 cm³/mol. The van der Waals surface area contributed by atoms with Crippen molar-refractivity contribution in [2.24, 2.45) is 0 Å². The van der Waals surface area contributed by atoms with Gasteiger partial charge in [-0.3, -0.25) is 9.97 Å². The van der Waals surface area contributed by atoms with Gasteiger partial charge in [0.25, 0.3) is 0 Å². The molecule has 1 saturated heterocycles. The van der Waals surface area contributed by atoms with E-state index in [1.807, 2.05) is 18.0 Å². The molecule has 0 radical (unpaired) electrons. The maximum absolute atomic E-state index is 5.31. The second-order valence-corrected chi connectivity index (χ2v) is 4.98. The van der Waals surface area contributed by atoms with E-state index in [0.29, 0.717) is 11.2 Å². The maximum Gasteiger partial charge on any atom is 0.0677 e. The van der Waals surface area contributed by atoms with Gasteiger partial charge in [-0.15, -0.1) is 0 Å². The third kappa shape index (κ3) is 1.74. The summed E-state index contributed by atoms with van der Waals surface area (Å²) in [5.41, 5.74) is 1.02. The molecule has 0 spiro atoms. The van der Waals surface area contributed by atoms with Gasteiger partial charge in [0.05, 0.1) is 5.69 Å². The molecule has 2 rings (SSSR count). The molecule has 0 bridgehead atoms. The van der Waals surface area contributed by atoms with E-state index in [1.165, 1.54) is 0 Å². The highest BCUT2D eigenvalue weighted by molar-refractivity contribution is 8.02. The zero-order chi connectivity index (χ0) is 9.26. The smallest absolute Gasteiger partial charge is 0.0677 e. The lowest BCUT2D eigenvalue weighted by atomic mass is 10.00. The number of thiocarbonyl (C=S) groups is 1. The second-order valence-electron chi connectivity index (χ2n) is 3.09. The Bertz CT molecular complexity index is 313. The van der Waals surface area contributed by atoms with Crippen LogP contribution in [0.25, 0.3) is 0 Å². The Kier molecular flexibility index (Phi) is 2.60. The molecule has 2 nitrogen and oxygen atoms in total. The minimum atomic E-state index is 0.327. The van der Waals surface area contributed by atoms with Crippen molar-refractivity contribution in [1.29, 1.82) is 0 Å². The van der Waals surface area contributed by atoms with Crippen molar-refractivity contribution in [2.45, 2.75) is 18.1 Å². The zero-order valence-electron chi connectivity index (χ0n) is 7.30. The van der Waals surface area contributed by atoms with E-state index in [4.69, 9.17) is 12.2 Å². The molecule has 0 amide bonds. The summed E-state index contributed by atoms with van der Waals surface area (Å²) in [5.74, 6) is 1.31. The Hall–Kier alpha value is -0.480. The third-order valence-electron chi connectivity index (χ3n) is 2.21. The van der Waals surface area contributed by atoms with Crippen LogP contribution in [0.2, 0.25) is 0 Å². The topological polar surface area (TPSA) is 25.8 Å². The van der Waals surface area contributed by atoms with Crippen molar-refractivity contribution < 1.29 is 0 Å². The molecule has 0 saturated carbocycles. The summed E-state index contributed by atoms with van der Waals surface area (Å²) in [6.07, 6.45) is 5.24. The monoisotopic (exact) mass is 210 g/mol. The molecule has 68 valence electrons. The van der Waals surface area contributed by atoms with E-state index in [9.17, 15) is 0 Å². The Morgan fingerprint density at radius 2 is 2.38 bits per heavy atom. The normalized spacial score (nSPS) is 27.9. The van der Waals surface area contributed by atoms with Crippen molar-refractivity contribution in [3.8, 4) is 0 Å². The molecular weight excluding hydrogens is 200 g/mol. The average Bonchev–Trinajstić information content (AvgIpc) is 2.48. The van der Waals surface area contributed by atoms with Gasteiger partial charge in [-0.25, -0.2) is 0 Å². The molecule has 1 aliphatic heterocycles. The van der Waals surface area contributed by atoms with Gasteiger partial charge in [0.2, 0.25) is 0 Å². The lowest BCUT2D eigenvalue weighted by molar-refractivity contribution is 0.841. The first-order chi connectivity index (χ1) is 6.29. The summed E-state index contributed by atoms with van der Waals surface area (Å²) in [6, 6.07) is 0. The molecular formula is C9H10N2S2. The van der Waals surface area contributed by atoms with Crippen molar-refractivity contribution in [1.82, 2.24) is 9.97 Å². The number of rotatable bonds is 1. The zero-order valence-corrected chi connectivity index (χ0v) is 8.94. The van der Waals surface area contributed by atoms with Crippen LogP contribution < -0.4 is 0 Å². The fourth-order valence-corrected chi connectivity index (χ4v) is 3.26. The predicted octanol–water partition coefficient (Wildman–Crippen LogP) is 2.07. The number of hydrogen-bond acceptors (Lipinski definition) is 4. The molecule has 2 heterocycles. The van der Waals surface area contributed by atoms with Crippen LogP contribution >= 0.6 is 24.0 Å². The first-order valence-electron chi connectivity index (χ1n) is 4.19. The van der Waals surface area contributed by atoms with Crippen LogP contribution in [0.5, 0.6) is 0 Å². The van der Waals surface area contributed by atoms with Crippen LogP contribution in [0.1, 0.15) is 18.5 Å². The molecule has 2 unspecified atom stereocenters. The van der Waals surface area contributed by atoms with Gasteiger partial charge >= 0.3 is 0 Å². The summed E-state index contributed by atoms with van der Waals surface area (Å²) in [6.45, 7) is 2.20. The van der Waals surface area contributed by atoms with E-state index >= 15 is 0 Å². The average molecular weight is 210 g/mol. The van der Waals surface area contributed by atoms with E-state index in [2.05, 4.69) is 16.9 Å². The molecule has 2 atom stereocenters. The van der Waals surface area contributed by atoms with Gasteiger partial charge in [0.15, 0.2) is 0 Å². The van der Waals surface area contributed by atoms with Crippen LogP contribution in [-0.4, -0.2) is 25.8 Å². The highest BCUT2D eigenvalue weighted by Gasteiger charge is 2.31. The van der Waals surface area contributed by atoms with Crippen molar-refractivity contribution in [3.63, 3.8) is 0 Å². The summed E-state index contributed by atoms with van der Waals surface area (Å²) < 4.78 is 0.